The van der Waals surface area contributed by atoms with E-state index in [1.165, 1.54) is 0 Å². The number of primary amides is 1. The number of hydrogen-bond donors (Lipinski definition) is 1. The number of carbonyl (C=O) groups excluding carboxylic acids is 1. The number of amides is 1. The first-order chi connectivity index (χ1) is 4.66. The molecule has 0 rings (SSSR count). The van der Waals surface area contributed by atoms with E-state index in [9.17, 15) is 9.36 Å². The molecule has 0 saturated carbocycles. The molecule has 1 atom stereocenters. The third-order valence-corrected chi connectivity index (χ3v) is 1.36. The Morgan fingerprint density at radius 1 is 1.60 bits per heavy atom. The summed E-state index contributed by atoms with van der Waals surface area (Å²) in [6, 6.07) is 0. The van der Waals surface area contributed by atoms with Gasteiger partial charge in [-0.3, -0.25) is 13.8 Å². The molecule has 1 unspecified atom stereocenters. The highest BCUT2D eigenvalue weighted by Crippen LogP contribution is 2.22. The summed E-state index contributed by atoms with van der Waals surface area (Å²) >= 11 is 0. The van der Waals surface area contributed by atoms with Crippen molar-refractivity contribution < 1.29 is 18.4 Å². The Labute approximate surface area is 59.4 Å². The van der Waals surface area contributed by atoms with Crippen LogP contribution in [-0.2, 0) is 18.4 Å². The molecule has 5 nitrogen and oxygen atoms in total. The van der Waals surface area contributed by atoms with Crippen molar-refractivity contribution in [2.75, 3.05) is 13.2 Å². The van der Waals surface area contributed by atoms with E-state index in [2.05, 4.69) is 14.8 Å². The first-order valence-electron chi connectivity index (χ1n) is 2.68. The van der Waals surface area contributed by atoms with E-state index in [4.69, 9.17) is 0 Å². The maximum absolute atomic E-state index is 10.4. The van der Waals surface area contributed by atoms with E-state index in [1.54, 1.807) is 6.92 Å². The van der Waals surface area contributed by atoms with Crippen molar-refractivity contribution >= 4 is 14.2 Å². The number of carbonyl (C=O) groups is 1. The minimum absolute atomic E-state index is 0.286. The second kappa shape index (κ2) is 5.29. The molecule has 0 spiro atoms. The first-order valence-corrected chi connectivity index (χ1v) is 3.77. The average Bonchev–Trinajstić information content (AvgIpc) is 1.85. The van der Waals surface area contributed by atoms with Gasteiger partial charge in [-0.25, -0.2) is 4.57 Å². The minimum atomic E-state index is -2.16. The molecule has 1 radical (unpaired) electrons. The Hall–Kier alpha value is -0.510. The molecule has 0 fully saturated rings. The van der Waals surface area contributed by atoms with Crippen LogP contribution in [0.5, 0.6) is 0 Å². The molecule has 0 aromatic heterocycles. The van der Waals surface area contributed by atoms with E-state index in [0.717, 1.165) is 0 Å². The largest absolute Gasteiger partial charge is 0.369 e. The maximum Gasteiger partial charge on any atom is 0.369 e. The highest BCUT2D eigenvalue weighted by molar-refractivity contribution is 7.33. The topological polar surface area (TPSA) is 78.6 Å². The Balaban J connectivity index is 3.30. The molecule has 0 aliphatic heterocycles. The molecule has 0 aromatic rings. The van der Waals surface area contributed by atoms with Gasteiger partial charge in [0.25, 0.3) is 0 Å². The summed E-state index contributed by atoms with van der Waals surface area (Å²) in [6.07, 6.45) is 0. The minimum Gasteiger partial charge on any atom is -0.368 e. The van der Waals surface area contributed by atoms with Crippen LogP contribution in [-0.4, -0.2) is 19.1 Å². The molecular weight excluding hydrogens is 157 g/mol. The molecule has 59 valence electrons. The lowest BCUT2D eigenvalue weighted by Gasteiger charge is -1.96. The van der Waals surface area contributed by atoms with Crippen molar-refractivity contribution in [1.82, 2.24) is 0 Å². The van der Waals surface area contributed by atoms with E-state index in [1.807, 2.05) is 0 Å². The van der Waals surface area contributed by atoms with Crippen LogP contribution in [0.4, 0.5) is 0 Å². The summed E-state index contributed by atoms with van der Waals surface area (Å²) in [6.45, 7) is 1.59. The van der Waals surface area contributed by atoms with Gasteiger partial charge in [0.2, 0.25) is 5.91 Å². The van der Waals surface area contributed by atoms with Gasteiger partial charge in [0.1, 0.15) is 6.61 Å². The van der Waals surface area contributed by atoms with Crippen molar-refractivity contribution in [3.8, 4) is 0 Å². The fourth-order valence-corrected chi connectivity index (χ4v) is 0.777. The van der Waals surface area contributed by atoms with Crippen LogP contribution >= 0.6 is 8.25 Å². The zero-order valence-electron chi connectivity index (χ0n) is 5.57. The normalized spacial score (nSPS) is 11.1. The Kier molecular flexibility index (Phi) is 5.02. The zero-order chi connectivity index (χ0) is 7.98. The van der Waals surface area contributed by atoms with Gasteiger partial charge >= 0.3 is 8.25 Å². The zero-order valence-corrected chi connectivity index (χ0v) is 6.47. The lowest BCUT2D eigenvalue weighted by molar-refractivity contribution is -0.120. The van der Waals surface area contributed by atoms with Gasteiger partial charge in [-0.2, -0.15) is 0 Å². The van der Waals surface area contributed by atoms with Gasteiger partial charge in [-0.15, -0.1) is 0 Å². The average molecular weight is 166 g/mol. The third-order valence-electron chi connectivity index (χ3n) is 0.547. The van der Waals surface area contributed by atoms with Crippen molar-refractivity contribution in [3.63, 3.8) is 0 Å². The molecule has 0 aromatic carbocycles. The fraction of sp³-hybridized carbons (Fsp3) is 0.750. The number of nitrogens with two attached hydrogens (primary N) is 1. The summed E-state index contributed by atoms with van der Waals surface area (Å²) in [7, 11) is -2.16. The second-order valence-electron chi connectivity index (χ2n) is 1.38. The van der Waals surface area contributed by atoms with Crippen LogP contribution in [0.2, 0.25) is 0 Å². The van der Waals surface area contributed by atoms with Crippen LogP contribution in [0, 0.1) is 0 Å². The predicted molar refractivity (Wildman–Crippen MR) is 34.4 cm³/mol. The molecular formula is C4H9NO4P. The Morgan fingerprint density at radius 3 is 2.60 bits per heavy atom. The SMILES string of the molecule is CCO[P](=O)OCC(N)=O. The maximum atomic E-state index is 10.4. The molecule has 1 amide bonds. The van der Waals surface area contributed by atoms with Crippen molar-refractivity contribution in [2.45, 2.75) is 6.92 Å². The van der Waals surface area contributed by atoms with E-state index in [-0.39, 0.29) is 13.2 Å². The van der Waals surface area contributed by atoms with Gasteiger partial charge < -0.3 is 5.73 Å². The standard InChI is InChI=1S/C4H9NO4P/c1-2-8-10(7)9-3-4(5)6/h2-3H2,1H3,(H2,5,6). The molecule has 6 heteroatoms. The summed E-state index contributed by atoms with van der Waals surface area (Å²) in [5, 5.41) is 0. The van der Waals surface area contributed by atoms with E-state index in [0.29, 0.717) is 0 Å². The molecule has 0 aliphatic carbocycles. The monoisotopic (exact) mass is 166 g/mol. The summed E-state index contributed by atoms with van der Waals surface area (Å²) < 4.78 is 19.3. The molecule has 0 heterocycles. The lowest BCUT2D eigenvalue weighted by atomic mass is 10.7. The highest BCUT2D eigenvalue weighted by atomic mass is 31.1. The Bertz CT molecular complexity index is 137. The van der Waals surface area contributed by atoms with Gasteiger partial charge in [0.15, 0.2) is 0 Å². The quantitative estimate of drug-likeness (QED) is 0.591. The van der Waals surface area contributed by atoms with Crippen molar-refractivity contribution in [2.24, 2.45) is 5.73 Å². The van der Waals surface area contributed by atoms with Crippen molar-refractivity contribution in [1.29, 1.82) is 0 Å². The fourth-order valence-electron chi connectivity index (χ4n) is 0.259. The summed E-state index contributed by atoms with van der Waals surface area (Å²) in [5.74, 6) is -0.664. The van der Waals surface area contributed by atoms with Crippen LogP contribution in [0.25, 0.3) is 0 Å². The third kappa shape index (κ3) is 5.62. The van der Waals surface area contributed by atoms with Crippen LogP contribution in [0.3, 0.4) is 0 Å². The van der Waals surface area contributed by atoms with Crippen LogP contribution in [0.15, 0.2) is 0 Å². The van der Waals surface area contributed by atoms with Gasteiger partial charge in [0.05, 0.1) is 6.61 Å². The first kappa shape index (κ1) is 9.49. The second-order valence-corrected chi connectivity index (χ2v) is 2.34. The molecule has 2 N–H and O–H groups in total. The van der Waals surface area contributed by atoms with E-state index < -0.39 is 14.2 Å². The molecule has 0 saturated heterocycles. The summed E-state index contributed by atoms with van der Waals surface area (Å²) in [4.78, 5) is 10.0. The van der Waals surface area contributed by atoms with Crippen LogP contribution in [0.1, 0.15) is 6.92 Å². The van der Waals surface area contributed by atoms with Crippen molar-refractivity contribution in [3.05, 3.63) is 0 Å². The molecule has 10 heavy (non-hydrogen) atoms. The predicted octanol–water partition coefficient (Wildman–Crippen LogP) is 0.182. The highest BCUT2D eigenvalue weighted by Gasteiger charge is 2.01. The molecule has 0 aliphatic rings. The molecule has 0 bridgehead atoms. The van der Waals surface area contributed by atoms with Gasteiger partial charge in [-0.05, 0) is 6.92 Å². The van der Waals surface area contributed by atoms with Crippen LogP contribution < -0.4 is 5.73 Å². The summed E-state index contributed by atoms with van der Waals surface area (Å²) in [5.41, 5.74) is 4.69. The lowest BCUT2D eigenvalue weighted by Crippen LogP contribution is -2.16. The van der Waals surface area contributed by atoms with E-state index >= 15 is 0 Å². The Morgan fingerprint density at radius 2 is 2.20 bits per heavy atom. The number of hydrogen-bond acceptors (Lipinski definition) is 4. The number of rotatable bonds is 5. The van der Waals surface area contributed by atoms with Gasteiger partial charge in [0, 0.05) is 0 Å². The smallest absolute Gasteiger partial charge is 0.368 e. The van der Waals surface area contributed by atoms with Gasteiger partial charge in [-0.1, -0.05) is 0 Å².